The molecule has 0 saturated heterocycles. The molecule has 1 unspecified atom stereocenters. The summed E-state index contributed by atoms with van der Waals surface area (Å²) in [5.74, 6) is 0. The molecular formula is C9H21FNO+. The molecule has 0 aliphatic carbocycles. The molecule has 0 heterocycles. The van der Waals surface area contributed by atoms with E-state index in [0.29, 0.717) is 11.0 Å². The van der Waals surface area contributed by atoms with Crippen molar-refractivity contribution in [3.63, 3.8) is 0 Å². The summed E-state index contributed by atoms with van der Waals surface area (Å²) in [6, 6.07) is 0. The molecule has 0 aromatic heterocycles. The second kappa shape index (κ2) is 5.49. The van der Waals surface area contributed by atoms with Crippen LogP contribution in [0.4, 0.5) is 4.39 Å². The van der Waals surface area contributed by atoms with Gasteiger partial charge in [-0.1, -0.05) is 6.92 Å². The van der Waals surface area contributed by atoms with Crippen LogP contribution in [0.3, 0.4) is 0 Å². The highest BCUT2D eigenvalue weighted by Crippen LogP contribution is 2.01. The predicted octanol–water partition coefficient (Wildman–Crippen LogP) is 1.46. The van der Waals surface area contributed by atoms with Crippen molar-refractivity contribution >= 4 is 0 Å². The third kappa shape index (κ3) is 6.55. The summed E-state index contributed by atoms with van der Waals surface area (Å²) >= 11 is 0. The van der Waals surface area contributed by atoms with Gasteiger partial charge in [0.1, 0.15) is 19.3 Å². The van der Waals surface area contributed by atoms with Crippen LogP contribution >= 0.6 is 0 Å². The van der Waals surface area contributed by atoms with E-state index < -0.39 is 19.3 Å². The van der Waals surface area contributed by atoms with Gasteiger partial charge in [-0.3, -0.25) is 0 Å². The number of rotatable bonds is 6. The molecular weight excluding hydrogens is 157 g/mol. The molecule has 0 aliphatic rings. The third-order valence-electron chi connectivity index (χ3n) is 1.32. The summed E-state index contributed by atoms with van der Waals surface area (Å²) in [5.41, 5.74) is 0. The lowest BCUT2D eigenvalue weighted by Crippen LogP contribution is -2.43. The van der Waals surface area contributed by atoms with Crippen molar-refractivity contribution in [2.75, 3.05) is 40.9 Å². The first-order valence-electron chi connectivity index (χ1n) is 5.24. The zero-order valence-electron chi connectivity index (χ0n) is 10.4. The number of halogens is 1. The lowest BCUT2D eigenvalue weighted by Gasteiger charge is -2.27. The van der Waals surface area contributed by atoms with Crippen molar-refractivity contribution in [1.29, 1.82) is 0 Å². The molecule has 0 rings (SSSR count). The fourth-order valence-electron chi connectivity index (χ4n) is 0.930. The molecule has 0 N–H and O–H groups in total. The molecule has 0 saturated carbocycles. The minimum atomic E-state index is -1.72. The van der Waals surface area contributed by atoms with Crippen LogP contribution in [-0.4, -0.2) is 51.5 Å². The second-order valence-electron chi connectivity index (χ2n) is 3.86. The Balaban J connectivity index is 4.17. The van der Waals surface area contributed by atoms with Gasteiger partial charge >= 0.3 is 0 Å². The van der Waals surface area contributed by atoms with E-state index in [9.17, 15) is 4.39 Å². The molecule has 0 aliphatic heterocycles. The Kier molecular flexibility index (Phi) is 3.86. The highest BCUT2D eigenvalue weighted by Gasteiger charge is 2.17. The van der Waals surface area contributed by atoms with Crippen LogP contribution < -0.4 is 0 Å². The van der Waals surface area contributed by atoms with Gasteiger partial charge in [0.2, 0.25) is 0 Å². The lowest BCUT2D eigenvalue weighted by atomic mass is 10.3. The van der Waals surface area contributed by atoms with E-state index in [1.165, 1.54) is 0 Å². The first kappa shape index (κ1) is 8.45. The molecule has 0 amide bonds. The standard InChI is InChI=1S/C9H21FNO/c1-5-6-12-9(7-10)8-11(2,3)4/h9H,5-8H2,1-4H3/q+1/i6D2. The first-order chi connectivity index (χ1) is 6.20. The van der Waals surface area contributed by atoms with Gasteiger partial charge in [-0.15, -0.1) is 0 Å². The molecule has 0 aromatic carbocycles. The smallest absolute Gasteiger partial charge is 0.134 e. The molecule has 0 aromatic rings. The number of nitrogens with zero attached hydrogens (tertiary/aromatic N) is 1. The highest BCUT2D eigenvalue weighted by atomic mass is 19.1. The van der Waals surface area contributed by atoms with Crippen molar-refractivity contribution in [3.8, 4) is 0 Å². The number of quaternary nitrogens is 1. The fraction of sp³-hybridized carbons (Fsp3) is 1.00. The minimum absolute atomic E-state index is 0.237. The Morgan fingerprint density at radius 3 is 2.42 bits per heavy atom. The molecule has 2 nitrogen and oxygen atoms in total. The summed E-state index contributed by atoms with van der Waals surface area (Å²) in [7, 11) is 5.77. The molecule has 1 atom stereocenters. The topological polar surface area (TPSA) is 9.23 Å². The summed E-state index contributed by atoms with van der Waals surface area (Å²) < 4.78 is 32.9. The Labute approximate surface area is 77.7 Å². The maximum atomic E-state index is 12.6. The number of hydrogen-bond acceptors (Lipinski definition) is 1. The van der Waals surface area contributed by atoms with E-state index in [4.69, 9.17) is 7.48 Å². The van der Waals surface area contributed by atoms with E-state index in [1.807, 2.05) is 21.1 Å². The van der Waals surface area contributed by atoms with Crippen LogP contribution in [0.5, 0.6) is 0 Å². The van der Waals surface area contributed by atoms with E-state index in [-0.39, 0.29) is 6.42 Å². The van der Waals surface area contributed by atoms with Crippen LogP contribution in [-0.2, 0) is 4.74 Å². The summed E-state index contributed by atoms with van der Waals surface area (Å²) in [5, 5.41) is 0. The summed E-state index contributed by atoms with van der Waals surface area (Å²) in [6.07, 6.45) is -0.425. The largest absolute Gasteiger partial charge is 0.370 e. The monoisotopic (exact) mass is 180 g/mol. The average Bonchev–Trinajstić information content (AvgIpc) is 2.00. The summed E-state index contributed by atoms with van der Waals surface area (Å²) in [6.45, 7) is -0.210. The Hall–Kier alpha value is -0.150. The van der Waals surface area contributed by atoms with Gasteiger partial charge in [0.05, 0.1) is 23.9 Å². The van der Waals surface area contributed by atoms with Crippen molar-refractivity contribution in [2.24, 2.45) is 0 Å². The average molecular weight is 180 g/mol. The maximum Gasteiger partial charge on any atom is 0.134 e. The quantitative estimate of drug-likeness (QED) is 0.562. The van der Waals surface area contributed by atoms with Gasteiger partial charge in [0.25, 0.3) is 0 Å². The summed E-state index contributed by atoms with van der Waals surface area (Å²) in [4.78, 5) is 0. The second-order valence-corrected chi connectivity index (χ2v) is 3.86. The predicted molar refractivity (Wildman–Crippen MR) is 48.9 cm³/mol. The van der Waals surface area contributed by atoms with Gasteiger partial charge in [-0.25, -0.2) is 4.39 Å². The van der Waals surface area contributed by atoms with Gasteiger partial charge < -0.3 is 9.22 Å². The van der Waals surface area contributed by atoms with E-state index in [2.05, 4.69) is 0 Å². The number of alkyl halides is 1. The maximum absolute atomic E-state index is 12.6. The van der Waals surface area contributed by atoms with Crippen molar-refractivity contribution in [2.45, 2.75) is 19.4 Å². The van der Waals surface area contributed by atoms with Crippen molar-refractivity contribution in [3.05, 3.63) is 0 Å². The van der Waals surface area contributed by atoms with E-state index >= 15 is 0 Å². The third-order valence-corrected chi connectivity index (χ3v) is 1.32. The van der Waals surface area contributed by atoms with Crippen LogP contribution in [0.25, 0.3) is 0 Å². The molecule has 0 spiro atoms. The van der Waals surface area contributed by atoms with Crippen LogP contribution in [0, 0.1) is 0 Å². The zero-order chi connectivity index (χ0) is 11.4. The molecule has 3 heteroatoms. The minimum Gasteiger partial charge on any atom is -0.370 e. The lowest BCUT2D eigenvalue weighted by molar-refractivity contribution is -0.873. The van der Waals surface area contributed by atoms with Crippen molar-refractivity contribution < 1.29 is 16.4 Å². The SMILES string of the molecule is [2H]C([2H])(CC)OC(CF)C[N+](C)(C)C. The molecule has 0 radical (unpaired) electrons. The van der Waals surface area contributed by atoms with E-state index in [1.54, 1.807) is 6.92 Å². The first-order valence-corrected chi connectivity index (χ1v) is 4.24. The van der Waals surface area contributed by atoms with Crippen LogP contribution in [0.15, 0.2) is 0 Å². The van der Waals surface area contributed by atoms with Gasteiger partial charge in [0, 0.05) is 6.56 Å². The number of likely N-dealkylation sites (N-methyl/N-ethyl adjacent to an activating group) is 1. The van der Waals surface area contributed by atoms with Crippen molar-refractivity contribution in [1.82, 2.24) is 0 Å². The number of hydrogen-bond donors (Lipinski definition) is 0. The zero-order valence-corrected chi connectivity index (χ0v) is 8.43. The van der Waals surface area contributed by atoms with Gasteiger partial charge in [-0.05, 0) is 6.42 Å². The normalized spacial score (nSPS) is 18.4. The Morgan fingerprint density at radius 2 is 2.08 bits per heavy atom. The molecule has 74 valence electrons. The number of ether oxygens (including phenoxy) is 1. The molecule has 0 bridgehead atoms. The molecule has 0 fully saturated rings. The Bertz CT molecular complexity index is 171. The van der Waals surface area contributed by atoms with Crippen LogP contribution in [0.1, 0.15) is 16.1 Å². The van der Waals surface area contributed by atoms with Crippen LogP contribution in [0.2, 0.25) is 0 Å². The van der Waals surface area contributed by atoms with E-state index in [0.717, 1.165) is 0 Å². The Morgan fingerprint density at radius 1 is 1.50 bits per heavy atom. The van der Waals surface area contributed by atoms with Gasteiger partial charge in [0.15, 0.2) is 0 Å². The fourth-order valence-corrected chi connectivity index (χ4v) is 0.930. The van der Waals surface area contributed by atoms with Gasteiger partial charge in [-0.2, -0.15) is 0 Å². The highest BCUT2D eigenvalue weighted by molar-refractivity contribution is 4.53. The molecule has 12 heavy (non-hydrogen) atoms.